The molecule has 0 atom stereocenters. The maximum Gasteiger partial charge on any atom is 0.258 e. The standard InChI is InChI=1S/C17H10ClFN4O2S/c18-11-5-9(1-2-12(11)19)25-7-14-22-15-10(17(24)23-14)3-4-21-16(15)13-6-20-8-26-13/h1-6,8H,7H2,(H,22,23,24). The van der Waals surface area contributed by atoms with Crippen LogP contribution in [0.5, 0.6) is 5.75 Å². The van der Waals surface area contributed by atoms with Gasteiger partial charge < -0.3 is 9.72 Å². The van der Waals surface area contributed by atoms with Gasteiger partial charge in [-0.1, -0.05) is 11.6 Å². The Morgan fingerprint density at radius 1 is 1.31 bits per heavy atom. The van der Waals surface area contributed by atoms with Gasteiger partial charge in [0.25, 0.3) is 5.56 Å². The van der Waals surface area contributed by atoms with Crippen molar-refractivity contribution in [3.8, 4) is 16.3 Å². The highest BCUT2D eigenvalue weighted by atomic mass is 35.5. The van der Waals surface area contributed by atoms with E-state index >= 15 is 0 Å². The molecule has 0 aliphatic heterocycles. The van der Waals surface area contributed by atoms with E-state index in [1.165, 1.54) is 29.5 Å². The SMILES string of the molecule is O=c1[nH]c(COc2ccc(F)c(Cl)c2)nc2c(-c3cncs3)nccc12. The van der Waals surface area contributed by atoms with Crippen molar-refractivity contribution >= 4 is 33.8 Å². The molecule has 9 heteroatoms. The zero-order valence-corrected chi connectivity index (χ0v) is 14.6. The van der Waals surface area contributed by atoms with Crippen LogP contribution in [0.1, 0.15) is 5.82 Å². The average Bonchev–Trinajstić information content (AvgIpc) is 3.17. The number of halogens is 2. The Morgan fingerprint density at radius 2 is 2.19 bits per heavy atom. The molecule has 0 unspecified atom stereocenters. The molecule has 0 fully saturated rings. The fourth-order valence-electron chi connectivity index (χ4n) is 2.41. The monoisotopic (exact) mass is 388 g/mol. The second kappa shape index (κ2) is 6.81. The molecule has 0 bridgehead atoms. The maximum absolute atomic E-state index is 13.2. The summed E-state index contributed by atoms with van der Waals surface area (Å²) in [6.07, 6.45) is 3.23. The van der Waals surface area contributed by atoms with Gasteiger partial charge in [-0.15, -0.1) is 11.3 Å². The highest BCUT2D eigenvalue weighted by molar-refractivity contribution is 7.13. The Morgan fingerprint density at radius 3 is 2.96 bits per heavy atom. The molecule has 0 aliphatic rings. The van der Waals surface area contributed by atoms with Crippen molar-refractivity contribution in [2.75, 3.05) is 0 Å². The highest BCUT2D eigenvalue weighted by Gasteiger charge is 2.13. The van der Waals surface area contributed by atoms with E-state index < -0.39 is 5.82 Å². The van der Waals surface area contributed by atoms with Crippen LogP contribution < -0.4 is 10.3 Å². The van der Waals surface area contributed by atoms with Crippen LogP contribution in [0.25, 0.3) is 21.5 Å². The van der Waals surface area contributed by atoms with Crippen LogP contribution in [0, 0.1) is 5.82 Å². The molecule has 4 aromatic rings. The Bertz CT molecular complexity index is 1150. The fraction of sp³-hybridized carbons (Fsp3) is 0.0588. The molecule has 130 valence electrons. The van der Waals surface area contributed by atoms with Crippen molar-refractivity contribution in [1.82, 2.24) is 19.9 Å². The first-order chi connectivity index (χ1) is 12.6. The number of H-pyrrole nitrogens is 1. The second-order valence-electron chi connectivity index (χ2n) is 5.30. The van der Waals surface area contributed by atoms with Gasteiger partial charge in [-0.25, -0.2) is 9.37 Å². The summed E-state index contributed by atoms with van der Waals surface area (Å²) in [5.74, 6) is 0.159. The number of rotatable bonds is 4. The van der Waals surface area contributed by atoms with Gasteiger partial charge in [0.2, 0.25) is 0 Å². The van der Waals surface area contributed by atoms with Gasteiger partial charge in [0, 0.05) is 18.5 Å². The minimum Gasteiger partial charge on any atom is -0.486 e. The number of thiazole rings is 1. The third kappa shape index (κ3) is 3.16. The summed E-state index contributed by atoms with van der Waals surface area (Å²) in [5, 5.41) is 0.385. The maximum atomic E-state index is 13.2. The number of hydrogen-bond donors (Lipinski definition) is 1. The molecule has 0 amide bonds. The number of hydrogen-bond acceptors (Lipinski definition) is 6. The molecule has 1 aromatic carbocycles. The van der Waals surface area contributed by atoms with Gasteiger partial charge in [0.15, 0.2) is 0 Å². The van der Waals surface area contributed by atoms with Crippen molar-refractivity contribution < 1.29 is 9.13 Å². The number of aromatic amines is 1. The lowest BCUT2D eigenvalue weighted by molar-refractivity contribution is 0.295. The van der Waals surface area contributed by atoms with E-state index in [9.17, 15) is 9.18 Å². The Kier molecular flexibility index (Phi) is 4.36. The average molecular weight is 389 g/mol. The number of pyridine rings is 1. The lowest BCUT2D eigenvalue weighted by atomic mass is 10.2. The highest BCUT2D eigenvalue weighted by Crippen LogP contribution is 2.26. The van der Waals surface area contributed by atoms with E-state index in [2.05, 4.69) is 19.9 Å². The summed E-state index contributed by atoms with van der Waals surface area (Å²) in [4.78, 5) is 28.7. The fourth-order valence-corrected chi connectivity index (χ4v) is 3.20. The molecule has 3 heterocycles. The summed E-state index contributed by atoms with van der Waals surface area (Å²) in [7, 11) is 0. The first-order valence-electron chi connectivity index (χ1n) is 7.46. The largest absolute Gasteiger partial charge is 0.486 e. The van der Waals surface area contributed by atoms with Crippen molar-refractivity contribution in [3.05, 3.63) is 69.2 Å². The van der Waals surface area contributed by atoms with Crippen LogP contribution in [0.4, 0.5) is 4.39 Å². The van der Waals surface area contributed by atoms with E-state index in [1.54, 1.807) is 24.0 Å². The molecular weight excluding hydrogens is 379 g/mol. The summed E-state index contributed by atoms with van der Waals surface area (Å²) in [6.45, 7) is -0.00976. The van der Waals surface area contributed by atoms with Gasteiger partial charge >= 0.3 is 0 Å². The van der Waals surface area contributed by atoms with Crippen LogP contribution in [0.3, 0.4) is 0 Å². The molecule has 0 spiro atoms. The quantitative estimate of drug-likeness (QED) is 0.575. The minimum atomic E-state index is -0.531. The van der Waals surface area contributed by atoms with Crippen LogP contribution in [-0.2, 0) is 6.61 Å². The number of nitrogens with one attached hydrogen (secondary N) is 1. The summed E-state index contributed by atoms with van der Waals surface area (Å²) in [6, 6.07) is 5.63. The van der Waals surface area contributed by atoms with Gasteiger partial charge in [-0.3, -0.25) is 14.8 Å². The summed E-state index contributed by atoms with van der Waals surface area (Å²) < 4.78 is 18.8. The van der Waals surface area contributed by atoms with E-state index in [0.717, 1.165) is 4.88 Å². The Balaban J connectivity index is 1.71. The first kappa shape index (κ1) is 16.6. The molecule has 26 heavy (non-hydrogen) atoms. The molecule has 3 aromatic heterocycles. The third-order valence-electron chi connectivity index (χ3n) is 3.61. The van der Waals surface area contributed by atoms with E-state index in [1.807, 2.05) is 0 Å². The minimum absolute atomic E-state index is 0.00976. The normalized spacial score (nSPS) is 11.0. The molecule has 0 saturated carbocycles. The first-order valence-corrected chi connectivity index (χ1v) is 8.72. The lowest BCUT2D eigenvalue weighted by Crippen LogP contribution is -2.14. The molecule has 4 rings (SSSR count). The van der Waals surface area contributed by atoms with Crippen LogP contribution in [0.15, 0.2) is 47.0 Å². The zero-order valence-electron chi connectivity index (χ0n) is 13.1. The van der Waals surface area contributed by atoms with Gasteiger partial charge in [-0.05, 0) is 18.2 Å². The van der Waals surface area contributed by atoms with Crippen LogP contribution in [0.2, 0.25) is 5.02 Å². The Labute approximate surface area is 155 Å². The van der Waals surface area contributed by atoms with E-state index in [-0.39, 0.29) is 17.2 Å². The predicted molar refractivity (Wildman–Crippen MR) is 97.0 cm³/mol. The predicted octanol–water partition coefficient (Wildman–Crippen LogP) is 3.81. The lowest BCUT2D eigenvalue weighted by Gasteiger charge is -2.08. The second-order valence-corrected chi connectivity index (χ2v) is 6.59. The van der Waals surface area contributed by atoms with E-state index in [4.69, 9.17) is 16.3 Å². The zero-order chi connectivity index (χ0) is 18.1. The summed E-state index contributed by atoms with van der Waals surface area (Å²) in [5.41, 5.74) is 2.45. The molecule has 0 aliphatic carbocycles. The molecule has 0 saturated heterocycles. The van der Waals surface area contributed by atoms with Crippen LogP contribution in [-0.4, -0.2) is 19.9 Å². The number of aromatic nitrogens is 4. The topological polar surface area (TPSA) is 80.8 Å². The van der Waals surface area contributed by atoms with Gasteiger partial charge in [0.1, 0.15) is 35.2 Å². The van der Waals surface area contributed by atoms with Crippen molar-refractivity contribution in [2.45, 2.75) is 6.61 Å². The molecular formula is C17H10ClFN4O2S. The van der Waals surface area contributed by atoms with Crippen molar-refractivity contribution in [3.63, 3.8) is 0 Å². The van der Waals surface area contributed by atoms with Crippen molar-refractivity contribution in [2.24, 2.45) is 0 Å². The van der Waals surface area contributed by atoms with Gasteiger partial charge in [-0.2, -0.15) is 0 Å². The number of nitrogens with zero attached hydrogens (tertiary/aromatic N) is 3. The molecule has 1 N–H and O–H groups in total. The molecule has 6 nitrogen and oxygen atoms in total. The number of ether oxygens (including phenoxy) is 1. The Hall–Kier alpha value is -2.84. The van der Waals surface area contributed by atoms with Crippen molar-refractivity contribution in [1.29, 1.82) is 0 Å². The molecule has 0 radical (unpaired) electrons. The van der Waals surface area contributed by atoms with Crippen LogP contribution >= 0.6 is 22.9 Å². The number of fused-ring (bicyclic) bond motifs is 1. The van der Waals surface area contributed by atoms with Gasteiger partial charge in [0.05, 0.1) is 20.8 Å². The van der Waals surface area contributed by atoms with E-state index in [0.29, 0.717) is 28.2 Å². The summed E-state index contributed by atoms with van der Waals surface area (Å²) >= 11 is 7.14. The number of benzene rings is 1. The third-order valence-corrected chi connectivity index (χ3v) is 4.68. The smallest absolute Gasteiger partial charge is 0.258 e.